The average molecular weight is 452 g/mol. The number of halogens is 2. The molecule has 0 saturated carbocycles. The molecule has 6 heteroatoms. The summed E-state index contributed by atoms with van der Waals surface area (Å²) in [7, 11) is 0. The van der Waals surface area contributed by atoms with E-state index in [-0.39, 0.29) is 10.8 Å². The maximum Gasteiger partial charge on any atom is 0.175 e. The van der Waals surface area contributed by atoms with E-state index in [0.29, 0.717) is 6.42 Å². The molecule has 0 atom stereocenters. The van der Waals surface area contributed by atoms with Crippen molar-refractivity contribution in [3.63, 3.8) is 0 Å². The van der Waals surface area contributed by atoms with Crippen LogP contribution >= 0.6 is 12.2 Å². The fourth-order valence-corrected chi connectivity index (χ4v) is 3.60. The van der Waals surface area contributed by atoms with Gasteiger partial charge in [-0.25, -0.2) is 8.78 Å². The van der Waals surface area contributed by atoms with E-state index in [0.717, 1.165) is 41.7 Å². The zero-order valence-corrected chi connectivity index (χ0v) is 19.1. The van der Waals surface area contributed by atoms with Crippen LogP contribution in [-0.4, -0.2) is 18.2 Å². The first kappa shape index (κ1) is 23.4. The molecule has 0 heterocycles. The van der Waals surface area contributed by atoms with Gasteiger partial charge in [0.15, 0.2) is 5.11 Å². The molecule has 0 spiro atoms. The minimum Gasteiger partial charge on any atom is -0.372 e. The number of nitrogens with zero attached hydrogens (tertiary/aromatic N) is 1. The Labute approximate surface area is 193 Å². The third-order valence-corrected chi connectivity index (χ3v) is 5.32. The summed E-state index contributed by atoms with van der Waals surface area (Å²) in [5, 5.41) is 6.22. The molecule has 3 rings (SSSR count). The van der Waals surface area contributed by atoms with Crippen molar-refractivity contribution in [1.82, 2.24) is 5.32 Å². The molecule has 2 N–H and O–H groups in total. The van der Waals surface area contributed by atoms with Gasteiger partial charge in [-0.15, -0.1) is 0 Å². The monoisotopic (exact) mass is 451 g/mol. The van der Waals surface area contributed by atoms with Crippen LogP contribution < -0.4 is 15.5 Å². The van der Waals surface area contributed by atoms with Crippen molar-refractivity contribution in [1.29, 1.82) is 0 Å². The van der Waals surface area contributed by atoms with E-state index in [9.17, 15) is 8.78 Å². The Morgan fingerprint density at radius 2 is 1.62 bits per heavy atom. The molecule has 0 saturated heterocycles. The van der Waals surface area contributed by atoms with Gasteiger partial charge in [0.25, 0.3) is 0 Å². The van der Waals surface area contributed by atoms with E-state index < -0.39 is 11.6 Å². The molecule has 0 aliphatic carbocycles. The van der Waals surface area contributed by atoms with Crippen LogP contribution in [-0.2, 0) is 6.42 Å². The predicted octanol–water partition coefficient (Wildman–Crippen LogP) is 6.38. The molecule has 0 aliphatic rings. The Hall–Kier alpha value is -3.25. The van der Waals surface area contributed by atoms with E-state index in [1.807, 2.05) is 30.3 Å². The Morgan fingerprint density at radius 1 is 0.938 bits per heavy atom. The highest BCUT2D eigenvalue weighted by atomic mass is 32.1. The molecule has 3 aromatic rings. The molecule has 3 nitrogen and oxygen atoms in total. The zero-order valence-electron chi connectivity index (χ0n) is 18.2. The normalized spacial score (nSPS) is 11.2. The average Bonchev–Trinajstić information content (AvgIpc) is 2.80. The van der Waals surface area contributed by atoms with Crippen LogP contribution in [0.15, 0.2) is 78.9 Å². The molecule has 166 valence electrons. The zero-order chi connectivity index (χ0) is 22.9. The Kier molecular flexibility index (Phi) is 8.34. The topological polar surface area (TPSA) is 27.3 Å². The SMILES string of the molecule is CCN(CC)c1ccc(/C(=C\Cc2ccccc2)NC(=S)Nc2ccc(F)cc2F)cc1. The first-order valence-electron chi connectivity index (χ1n) is 10.6. The molecule has 0 bridgehead atoms. The molecule has 0 fully saturated rings. The summed E-state index contributed by atoms with van der Waals surface area (Å²) in [6.07, 6.45) is 2.76. The lowest BCUT2D eigenvalue weighted by Crippen LogP contribution is -2.28. The standard InChI is InChI=1S/C26H27F2N3S/c1-3-31(4-2)22-14-11-20(12-15-22)24(16-10-19-8-6-5-7-9-19)29-26(32)30-25-17-13-21(27)18-23(25)28/h5-9,11-18H,3-4,10H2,1-2H3,(H2,29,30,32)/b24-16+. The van der Waals surface area contributed by atoms with E-state index in [1.54, 1.807) is 0 Å². The van der Waals surface area contributed by atoms with Gasteiger partial charge in [-0.3, -0.25) is 0 Å². The van der Waals surface area contributed by atoms with Gasteiger partial charge in [0.1, 0.15) is 11.6 Å². The molecule has 3 aromatic carbocycles. The molecular formula is C26H27F2N3S. The lowest BCUT2D eigenvalue weighted by atomic mass is 10.1. The third-order valence-electron chi connectivity index (χ3n) is 5.12. The molecule has 0 unspecified atom stereocenters. The van der Waals surface area contributed by atoms with Gasteiger partial charge >= 0.3 is 0 Å². The van der Waals surface area contributed by atoms with Gasteiger partial charge in [0.05, 0.1) is 5.69 Å². The van der Waals surface area contributed by atoms with Crippen molar-refractivity contribution in [2.24, 2.45) is 0 Å². The van der Waals surface area contributed by atoms with E-state index in [4.69, 9.17) is 12.2 Å². The van der Waals surface area contributed by atoms with Gasteiger partial charge in [0, 0.05) is 30.5 Å². The number of hydrogen-bond donors (Lipinski definition) is 2. The Balaban J connectivity index is 1.82. The Morgan fingerprint density at radius 3 is 2.25 bits per heavy atom. The molecule has 0 aliphatic heterocycles. The number of thiocarbonyl (C=S) groups is 1. The van der Waals surface area contributed by atoms with Gasteiger partial charge in [-0.2, -0.15) is 0 Å². The number of nitrogens with one attached hydrogen (secondary N) is 2. The highest BCUT2D eigenvalue weighted by Crippen LogP contribution is 2.20. The minimum atomic E-state index is -0.701. The van der Waals surface area contributed by atoms with Gasteiger partial charge < -0.3 is 15.5 Å². The summed E-state index contributed by atoms with van der Waals surface area (Å²) >= 11 is 5.41. The highest BCUT2D eigenvalue weighted by molar-refractivity contribution is 7.80. The predicted molar refractivity (Wildman–Crippen MR) is 134 cm³/mol. The van der Waals surface area contributed by atoms with Crippen LogP contribution in [0.25, 0.3) is 5.70 Å². The molecule has 32 heavy (non-hydrogen) atoms. The van der Waals surface area contributed by atoms with Crippen LogP contribution in [0.1, 0.15) is 25.0 Å². The first-order chi connectivity index (χ1) is 15.5. The van der Waals surface area contributed by atoms with Crippen LogP contribution in [0.2, 0.25) is 0 Å². The summed E-state index contributed by atoms with van der Waals surface area (Å²) in [4.78, 5) is 2.27. The van der Waals surface area contributed by atoms with Crippen molar-refractivity contribution in [2.45, 2.75) is 20.3 Å². The number of benzene rings is 3. The second kappa shape index (κ2) is 11.4. The van der Waals surface area contributed by atoms with Crippen molar-refractivity contribution in [3.8, 4) is 0 Å². The lowest BCUT2D eigenvalue weighted by Gasteiger charge is -2.21. The smallest absolute Gasteiger partial charge is 0.175 e. The maximum absolute atomic E-state index is 14.0. The first-order valence-corrected chi connectivity index (χ1v) is 11.0. The third kappa shape index (κ3) is 6.37. The van der Waals surface area contributed by atoms with Crippen LogP contribution in [0.3, 0.4) is 0 Å². The van der Waals surface area contributed by atoms with Crippen molar-refractivity contribution < 1.29 is 8.78 Å². The van der Waals surface area contributed by atoms with Gasteiger partial charge in [-0.05, 0) is 67.9 Å². The summed E-state index contributed by atoms with van der Waals surface area (Å²) in [6, 6.07) is 21.7. The summed E-state index contributed by atoms with van der Waals surface area (Å²) in [5.74, 6) is -1.34. The van der Waals surface area contributed by atoms with Gasteiger partial charge in [-0.1, -0.05) is 48.5 Å². The van der Waals surface area contributed by atoms with Crippen LogP contribution in [0, 0.1) is 11.6 Å². The van der Waals surface area contributed by atoms with Crippen LogP contribution in [0.4, 0.5) is 20.2 Å². The van der Waals surface area contributed by atoms with E-state index in [1.165, 1.54) is 12.1 Å². The minimum absolute atomic E-state index is 0.114. The Bertz CT molecular complexity index is 1060. The molecule has 0 radical (unpaired) electrons. The molecule has 0 aromatic heterocycles. The summed E-state index contributed by atoms with van der Waals surface area (Å²) in [6.45, 7) is 6.12. The second-order valence-corrected chi connectivity index (χ2v) is 7.64. The molecular weight excluding hydrogens is 424 g/mol. The van der Waals surface area contributed by atoms with E-state index in [2.05, 4.69) is 59.7 Å². The van der Waals surface area contributed by atoms with Crippen molar-refractivity contribution >= 4 is 34.4 Å². The number of allylic oxidation sites excluding steroid dienone is 1. The maximum atomic E-state index is 14.0. The summed E-state index contributed by atoms with van der Waals surface area (Å²) in [5.41, 5.74) is 4.19. The highest BCUT2D eigenvalue weighted by Gasteiger charge is 2.09. The van der Waals surface area contributed by atoms with Gasteiger partial charge in [0.2, 0.25) is 0 Å². The second-order valence-electron chi connectivity index (χ2n) is 7.23. The number of hydrogen-bond acceptors (Lipinski definition) is 2. The fourth-order valence-electron chi connectivity index (χ4n) is 3.38. The van der Waals surface area contributed by atoms with Crippen molar-refractivity contribution in [3.05, 3.63) is 102 Å². The summed E-state index contributed by atoms with van der Waals surface area (Å²) < 4.78 is 27.2. The van der Waals surface area contributed by atoms with Crippen molar-refractivity contribution in [2.75, 3.05) is 23.3 Å². The molecule has 0 amide bonds. The van der Waals surface area contributed by atoms with Crippen LogP contribution in [0.5, 0.6) is 0 Å². The lowest BCUT2D eigenvalue weighted by molar-refractivity contribution is 0.586. The number of rotatable bonds is 8. The quantitative estimate of drug-likeness (QED) is 0.389. The fraction of sp³-hybridized carbons (Fsp3) is 0.192. The number of anilines is 2. The largest absolute Gasteiger partial charge is 0.372 e. The van der Waals surface area contributed by atoms with E-state index >= 15 is 0 Å².